The Hall–Kier alpha value is -1.77. The fourth-order valence-electron chi connectivity index (χ4n) is 3.66. The molecule has 1 aliphatic carbocycles. The molecule has 0 saturated heterocycles. The van der Waals surface area contributed by atoms with Crippen LogP contribution in [0.2, 0.25) is 0 Å². The maximum atomic E-state index is 4.46. The molecule has 1 N–H and O–H groups in total. The number of para-hydroxylation sites is 1. The molecule has 3 heteroatoms. The standard InChI is InChI=1S/C18H23N3/c1-18(2,14-8-9-14)21-12-19-11-16(21)15-7-3-5-13-6-4-10-20-17(13)15/h3,5,7,11-12,14,20H,4,6,8-10H2,1-2H3. The summed E-state index contributed by atoms with van der Waals surface area (Å²) in [6.45, 7) is 5.77. The van der Waals surface area contributed by atoms with Gasteiger partial charge >= 0.3 is 0 Å². The van der Waals surface area contributed by atoms with E-state index in [9.17, 15) is 0 Å². The highest BCUT2D eigenvalue weighted by Gasteiger charge is 2.40. The normalized spacial score (nSPS) is 18.2. The molecule has 0 bridgehead atoms. The summed E-state index contributed by atoms with van der Waals surface area (Å²) in [7, 11) is 0. The molecule has 0 unspecified atom stereocenters. The van der Waals surface area contributed by atoms with E-state index in [4.69, 9.17) is 0 Å². The van der Waals surface area contributed by atoms with Gasteiger partial charge in [-0.25, -0.2) is 4.98 Å². The Bertz CT molecular complexity index is 665. The van der Waals surface area contributed by atoms with Crippen LogP contribution in [0.25, 0.3) is 11.3 Å². The largest absolute Gasteiger partial charge is 0.384 e. The number of hydrogen-bond acceptors (Lipinski definition) is 2. The highest BCUT2D eigenvalue weighted by Crippen LogP contribution is 2.46. The van der Waals surface area contributed by atoms with Crippen molar-refractivity contribution in [1.82, 2.24) is 9.55 Å². The van der Waals surface area contributed by atoms with Crippen molar-refractivity contribution in [3.63, 3.8) is 0 Å². The Morgan fingerprint density at radius 3 is 2.95 bits per heavy atom. The van der Waals surface area contributed by atoms with Gasteiger partial charge in [0.1, 0.15) is 0 Å². The highest BCUT2D eigenvalue weighted by molar-refractivity contribution is 5.79. The van der Waals surface area contributed by atoms with Crippen LogP contribution >= 0.6 is 0 Å². The van der Waals surface area contributed by atoms with Crippen LogP contribution in [0.3, 0.4) is 0 Å². The van der Waals surface area contributed by atoms with E-state index in [1.807, 2.05) is 12.5 Å². The zero-order valence-corrected chi connectivity index (χ0v) is 12.9. The van der Waals surface area contributed by atoms with Gasteiger partial charge in [0.2, 0.25) is 0 Å². The van der Waals surface area contributed by atoms with Gasteiger partial charge in [-0.3, -0.25) is 0 Å². The van der Waals surface area contributed by atoms with Gasteiger partial charge < -0.3 is 9.88 Å². The van der Waals surface area contributed by atoms with Crippen LogP contribution in [-0.4, -0.2) is 16.1 Å². The lowest BCUT2D eigenvalue weighted by Crippen LogP contribution is -2.29. The number of anilines is 1. The molecule has 2 aromatic rings. The number of rotatable bonds is 3. The molecular weight excluding hydrogens is 258 g/mol. The Labute approximate surface area is 126 Å². The van der Waals surface area contributed by atoms with Crippen molar-refractivity contribution >= 4 is 5.69 Å². The summed E-state index contributed by atoms with van der Waals surface area (Å²) in [5.41, 5.74) is 5.47. The molecule has 110 valence electrons. The number of hydrogen-bond donors (Lipinski definition) is 1. The lowest BCUT2D eigenvalue weighted by Gasteiger charge is -2.30. The van der Waals surface area contributed by atoms with Crippen molar-refractivity contribution in [3.8, 4) is 11.3 Å². The summed E-state index contributed by atoms with van der Waals surface area (Å²) in [5, 5.41) is 3.60. The molecule has 1 aromatic carbocycles. The fourth-order valence-corrected chi connectivity index (χ4v) is 3.66. The predicted octanol–water partition coefficient (Wildman–Crippen LogP) is 4.05. The lowest BCUT2D eigenvalue weighted by molar-refractivity contribution is 0.307. The van der Waals surface area contributed by atoms with Crippen LogP contribution in [0.15, 0.2) is 30.7 Å². The Morgan fingerprint density at radius 2 is 2.14 bits per heavy atom. The molecule has 4 rings (SSSR count). The van der Waals surface area contributed by atoms with E-state index < -0.39 is 0 Å². The molecule has 0 spiro atoms. The van der Waals surface area contributed by atoms with Crippen molar-refractivity contribution in [2.45, 2.75) is 45.1 Å². The number of aryl methyl sites for hydroxylation is 1. The quantitative estimate of drug-likeness (QED) is 0.919. The SMILES string of the molecule is CC(C)(C1CC1)n1cncc1-c1cccc2c1NCCC2. The maximum absolute atomic E-state index is 4.46. The van der Waals surface area contributed by atoms with Crippen LogP contribution in [0.5, 0.6) is 0 Å². The molecule has 0 atom stereocenters. The monoisotopic (exact) mass is 281 g/mol. The third-order valence-corrected chi connectivity index (χ3v) is 5.19. The van der Waals surface area contributed by atoms with Crippen LogP contribution < -0.4 is 5.32 Å². The van der Waals surface area contributed by atoms with Gasteiger partial charge in [0.15, 0.2) is 0 Å². The first-order chi connectivity index (χ1) is 10.2. The van der Waals surface area contributed by atoms with E-state index in [2.05, 4.69) is 46.9 Å². The van der Waals surface area contributed by atoms with E-state index in [-0.39, 0.29) is 5.54 Å². The zero-order chi connectivity index (χ0) is 14.4. The van der Waals surface area contributed by atoms with Gasteiger partial charge in [-0.15, -0.1) is 0 Å². The van der Waals surface area contributed by atoms with Gasteiger partial charge in [0, 0.05) is 23.3 Å². The predicted molar refractivity (Wildman–Crippen MR) is 86.5 cm³/mol. The molecular formula is C18H23N3. The van der Waals surface area contributed by atoms with Crippen LogP contribution in [0.4, 0.5) is 5.69 Å². The average Bonchev–Trinajstić information content (AvgIpc) is 3.25. The smallest absolute Gasteiger partial charge is 0.0956 e. The second-order valence-corrected chi connectivity index (χ2v) is 6.95. The minimum absolute atomic E-state index is 0.156. The Kier molecular flexibility index (Phi) is 2.84. The summed E-state index contributed by atoms with van der Waals surface area (Å²) in [5.74, 6) is 0.790. The molecule has 21 heavy (non-hydrogen) atoms. The second kappa shape index (κ2) is 4.62. The Balaban J connectivity index is 1.83. The van der Waals surface area contributed by atoms with E-state index in [1.54, 1.807) is 0 Å². The fraction of sp³-hybridized carbons (Fsp3) is 0.500. The van der Waals surface area contributed by atoms with Crippen LogP contribution in [0.1, 0.15) is 38.7 Å². The van der Waals surface area contributed by atoms with Gasteiger partial charge in [-0.05, 0) is 51.0 Å². The van der Waals surface area contributed by atoms with Crippen molar-refractivity contribution in [1.29, 1.82) is 0 Å². The highest BCUT2D eigenvalue weighted by atomic mass is 15.1. The number of nitrogens with zero attached hydrogens (tertiary/aromatic N) is 2. The van der Waals surface area contributed by atoms with Gasteiger partial charge in [-0.1, -0.05) is 18.2 Å². The van der Waals surface area contributed by atoms with Crippen LogP contribution in [0, 0.1) is 5.92 Å². The summed E-state index contributed by atoms with van der Waals surface area (Å²) in [6, 6.07) is 6.66. The molecule has 2 aliphatic rings. The topological polar surface area (TPSA) is 29.9 Å². The first-order valence-corrected chi connectivity index (χ1v) is 8.07. The molecule has 1 fully saturated rings. The first kappa shape index (κ1) is 12.9. The third-order valence-electron chi connectivity index (χ3n) is 5.19. The maximum Gasteiger partial charge on any atom is 0.0956 e. The summed E-state index contributed by atoms with van der Waals surface area (Å²) in [6.07, 6.45) is 9.12. The van der Waals surface area contributed by atoms with Crippen molar-refractivity contribution < 1.29 is 0 Å². The number of imidazole rings is 1. The lowest BCUT2D eigenvalue weighted by atomic mass is 9.95. The molecule has 0 amide bonds. The minimum atomic E-state index is 0.156. The first-order valence-electron chi connectivity index (χ1n) is 8.07. The van der Waals surface area contributed by atoms with Crippen molar-refractivity contribution in [3.05, 3.63) is 36.3 Å². The van der Waals surface area contributed by atoms with E-state index in [1.165, 1.54) is 48.2 Å². The molecule has 1 aromatic heterocycles. The second-order valence-electron chi connectivity index (χ2n) is 6.95. The van der Waals surface area contributed by atoms with Gasteiger partial charge in [-0.2, -0.15) is 0 Å². The van der Waals surface area contributed by atoms with Gasteiger partial charge in [0.05, 0.1) is 18.2 Å². The van der Waals surface area contributed by atoms with E-state index in [0.717, 1.165) is 12.5 Å². The summed E-state index contributed by atoms with van der Waals surface area (Å²) < 4.78 is 2.39. The molecule has 1 saturated carbocycles. The van der Waals surface area contributed by atoms with Crippen LogP contribution in [-0.2, 0) is 12.0 Å². The van der Waals surface area contributed by atoms with Gasteiger partial charge in [0.25, 0.3) is 0 Å². The number of benzene rings is 1. The third kappa shape index (κ3) is 2.06. The molecule has 0 radical (unpaired) electrons. The summed E-state index contributed by atoms with van der Waals surface area (Å²) in [4.78, 5) is 4.46. The van der Waals surface area contributed by atoms with Crippen molar-refractivity contribution in [2.75, 3.05) is 11.9 Å². The number of aromatic nitrogens is 2. The van der Waals surface area contributed by atoms with E-state index >= 15 is 0 Å². The molecule has 1 aliphatic heterocycles. The Morgan fingerprint density at radius 1 is 1.29 bits per heavy atom. The summed E-state index contributed by atoms with van der Waals surface area (Å²) >= 11 is 0. The van der Waals surface area contributed by atoms with E-state index in [0.29, 0.717) is 0 Å². The zero-order valence-electron chi connectivity index (χ0n) is 12.9. The average molecular weight is 281 g/mol. The number of fused-ring (bicyclic) bond motifs is 1. The number of nitrogens with one attached hydrogen (secondary N) is 1. The molecule has 3 nitrogen and oxygen atoms in total. The van der Waals surface area contributed by atoms with Crippen molar-refractivity contribution in [2.24, 2.45) is 5.92 Å². The minimum Gasteiger partial charge on any atom is -0.384 e. The molecule has 2 heterocycles.